The number of fused-ring (bicyclic) bond motifs is 1. The topological polar surface area (TPSA) is 78.7 Å². The lowest BCUT2D eigenvalue weighted by atomic mass is 9.97. The van der Waals surface area contributed by atoms with Crippen molar-refractivity contribution in [2.45, 2.75) is 6.10 Å². The van der Waals surface area contributed by atoms with Gasteiger partial charge in [0.25, 0.3) is 5.69 Å². The Labute approximate surface area is 130 Å². The predicted molar refractivity (Wildman–Crippen MR) is 78.4 cm³/mol. The molecule has 0 amide bonds. The number of hydrogen-bond acceptors (Lipinski definition) is 5. The number of nitro benzene ring substituents is 1. The number of cyclic esters (lactones) is 1. The molecule has 1 atom stereocenters. The minimum absolute atomic E-state index is 0.0655. The lowest BCUT2D eigenvalue weighted by Crippen LogP contribution is -2.02. The summed E-state index contributed by atoms with van der Waals surface area (Å²) in [5.41, 5.74) is 0.667. The third-order valence-electron chi connectivity index (χ3n) is 3.46. The van der Waals surface area contributed by atoms with E-state index in [0.717, 1.165) is 0 Å². The molecule has 2 aromatic carbocycles. The summed E-state index contributed by atoms with van der Waals surface area (Å²) in [6, 6.07) is 9.42. The molecule has 1 unspecified atom stereocenters. The first-order chi connectivity index (χ1) is 10.5. The van der Waals surface area contributed by atoms with Crippen LogP contribution in [-0.4, -0.2) is 18.0 Å². The van der Waals surface area contributed by atoms with Gasteiger partial charge in [-0.15, -0.1) is 0 Å². The smallest absolute Gasteiger partial charge is 0.346 e. The second kappa shape index (κ2) is 5.31. The van der Waals surface area contributed by atoms with Gasteiger partial charge in [0, 0.05) is 11.1 Å². The van der Waals surface area contributed by atoms with Crippen molar-refractivity contribution < 1.29 is 19.2 Å². The maximum Gasteiger partial charge on any atom is 0.346 e. The molecule has 112 valence electrons. The van der Waals surface area contributed by atoms with Crippen LogP contribution < -0.4 is 4.74 Å². The lowest BCUT2D eigenvalue weighted by Gasteiger charge is -2.13. The molecule has 1 aliphatic rings. The average Bonchev–Trinajstić information content (AvgIpc) is 2.85. The fourth-order valence-electron chi connectivity index (χ4n) is 2.49. The zero-order valence-electron chi connectivity index (χ0n) is 11.4. The van der Waals surface area contributed by atoms with Gasteiger partial charge < -0.3 is 9.47 Å². The van der Waals surface area contributed by atoms with Gasteiger partial charge in [0.15, 0.2) is 6.10 Å². The Bertz CT molecular complexity index is 772. The molecule has 1 aliphatic heterocycles. The highest BCUT2D eigenvalue weighted by Crippen LogP contribution is 2.45. The molecule has 1 heterocycles. The Morgan fingerprint density at radius 3 is 2.50 bits per heavy atom. The number of benzene rings is 2. The van der Waals surface area contributed by atoms with Crippen LogP contribution in [0.4, 0.5) is 5.69 Å². The van der Waals surface area contributed by atoms with Crippen molar-refractivity contribution in [3.63, 3.8) is 0 Å². The maximum absolute atomic E-state index is 12.1. The van der Waals surface area contributed by atoms with Crippen LogP contribution in [0, 0.1) is 10.1 Å². The molecule has 7 heteroatoms. The number of nitrogens with zero attached hydrogens (tertiary/aromatic N) is 1. The number of rotatable bonds is 3. The zero-order chi connectivity index (χ0) is 15.9. The molecule has 0 N–H and O–H groups in total. The number of methoxy groups -OCH3 is 1. The summed E-state index contributed by atoms with van der Waals surface area (Å²) >= 11 is 5.85. The van der Waals surface area contributed by atoms with Crippen LogP contribution in [-0.2, 0) is 4.74 Å². The van der Waals surface area contributed by atoms with Crippen molar-refractivity contribution in [2.75, 3.05) is 7.11 Å². The summed E-state index contributed by atoms with van der Waals surface area (Å²) in [6.07, 6.45) is -0.755. The first-order valence-electron chi connectivity index (χ1n) is 6.34. The van der Waals surface area contributed by atoms with E-state index >= 15 is 0 Å². The maximum atomic E-state index is 12.1. The van der Waals surface area contributed by atoms with Crippen LogP contribution >= 0.6 is 11.6 Å². The largest absolute Gasteiger partial charge is 0.496 e. The van der Waals surface area contributed by atoms with Crippen LogP contribution in [0.25, 0.3) is 0 Å². The van der Waals surface area contributed by atoms with E-state index in [2.05, 4.69) is 0 Å². The third kappa shape index (κ3) is 2.17. The van der Waals surface area contributed by atoms with E-state index in [4.69, 9.17) is 21.1 Å². The van der Waals surface area contributed by atoms with E-state index in [1.54, 1.807) is 24.3 Å². The molecule has 6 nitrogen and oxygen atoms in total. The van der Waals surface area contributed by atoms with Crippen molar-refractivity contribution in [2.24, 2.45) is 0 Å². The molecule has 0 saturated carbocycles. The molecule has 0 radical (unpaired) electrons. The minimum Gasteiger partial charge on any atom is -0.496 e. The van der Waals surface area contributed by atoms with E-state index in [9.17, 15) is 14.9 Å². The lowest BCUT2D eigenvalue weighted by molar-refractivity contribution is -0.385. The van der Waals surface area contributed by atoms with E-state index in [1.807, 2.05) is 0 Å². The van der Waals surface area contributed by atoms with Gasteiger partial charge in [0.2, 0.25) is 0 Å². The van der Waals surface area contributed by atoms with Crippen LogP contribution in [0.2, 0.25) is 5.02 Å². The second-order valence-corrected chi connectivity index (χ2v) is 5.11. The highest BCUT2D eigenvalue weighted by Gasteiger charge is 2.41. The monoisotopic (exact) mass is 319 g/mol. The fraction of sp³-hybridized carbons (Fsp3) is 0.133. The molecular weight excluding hydrogens is 310 g/mol. The predicted octanol–water partition coefficient (Wildman–Crippen LogP) is 3.52. The van der Waals surface area contributed by atoms with Crippen molar-refractivity contribution in [3.8, 4) is 5.75 Å². The van der Waals surface area contributed by atoms with Crippen LogP contribution in [0.5, 0.6) is 5.75 Å². The number of esters is 1. The van der Waals surface area contributed by atoms with Crippen LogP contribution in [0.1, 0.15) is 27.6 Å². The standard InChI is InChI=1S/C15H10ClNO5/c1-21-11-7-6-10(17(19)20)12-13(11)14(22-15(12)18)8-2-4-9(16)5-3-8/h2-7,14H,1H3. The molecule has 0 fully saturated rings. The van der Waals surface area contributed by atoms with Crippen molar-refractivity contribution in [1.82, 2.24) is 0 Å². The van der Waals surface area contributed by atoms with E-state index in [1.165, 1.54) is 19.2 Å². The van der Waals surface area contributed by atoms with Crippen LogP contribution in [0.15, 0.2) is 36.4 Å². The quantitative estimate of drug-likeness (QED) is 0.491. The first kappa shape index (κ1) is 14.3. The highest BCUT2D eigenvalue weighted by atomic mass is 35.5. The molecule has 0 aromatic heterocycles. The second-order valence-electron chi connectivity index (χ2n) is 4.67. The third-order valence-corrected chi connectivity index (χ3v) is 3.72. The number of halogens is 1. The molecule has 3 rings (SSSR count). The Kier molecular flexibility index (Phi) is 3.46. The van der Waals surface area contributed by atoms with Gasteiger partial charge in [-0.1, -0.05) is 23.7 Å². The number of ether oxygens (including phenoxy) is 2. The van der Waals surface area contributed by atoms with E-state index in [-0.39, 0.29) is 11.3 Å². The Morgan fingerprint density at radius 1 is 1.23 bits per heavy atom. The Hall–Kier alpha value is -2.60. The van der Waals surface area contributed by atoms with Gasteiger partial charge in [0.1, 0.15) is 11.3 Å². The van der Waals surface area contributed by atoms with Gasteiger partial charge in [-0.2, -0.15) is 0 Å². The minimum atomic E-state index is -0.755. The molecule has 2 aromatic rings. The van der Waals surface area contributed by atoms with Gasteiger partial charge >= 0.3 is 5.97 Å². The molecule has 0 spiro atoms. The SMILES string of the molecule is COc1ccc([N+](=O)[O-])c2c1C(c1ccc(Cl)cc1)OC2=O. The van der Waals surface area contributed by atoms with E-state index in [0.29, 0.717) is 21.9 Å². The van der Waals surface area contributed by atoms with Gasteiger partial charge in [-0.25, -0.2) is 4.79 Å². The summed E-state index contributed by atoms with van der Waals surface area (Å²) in [4.78, 5) is 22.6. The number of hydrogen-bond donors (Lipinski definition) is 0. The highest BCUT2D eigenvalue weighted by molar-refractivity contribution is 6.30. The molecule has 0 bridgehead atoms. The summed E-state index contributed by atoms with van der Waals surface area (Å²) in [5.74, 6) is -0.369. The summed E-state index contributed by atoms with van der Waals surface area (Å²) in [7, 11) is 1.43. The summed E-state index contributed by atoms with van der Waals surface area (Å²) < 4.78 is 10.6. The summed E-state index contributed by atoms with van der Waals surface area (Å²) in [5, 5.41) is 11.7. The Morgan fingerprint density at radius 2 is 1.91 bits per heavy atom. The van der Waals surface area contributed by atoms with Crippen molar-refractivity contribution in [3.05, 3.63) is 68.2 Å². The Balaban J connectivity index is 2.21. The zero-order valence-corrected chi connectivity index (χ0v) is 12.2. The molecular formula is C15H10ClNO5. The molecule has 0 saturated heterocycles. The van der Waals surface area contributed by atoms with Crippen molar-refractivity contribution >= 4 is 23.3 Å². The fourth-order valence-corrected chi connectivity index (χ4v) is 2.62. The van der Waals surface area contributed by atoms with Crippen LogP contribution in [0.3, 0.4) is 0 Å². The normalized spacial score (nSPS) is 16.1. The number of nitro groups is 1. The molecule has 22 heavy (non-hydrogen) atoms. The number of carbonyl (C=O) groups excluding carboxylic acids is 1. The van der Waals surface area contributed by atoms with E-state index < -0.39 is 17.0 Å². The summed E-state index contributed by atoms with van der Waals surface area (Å²) in [6.45, 7) is 0. The van der Waals surface area contributed by atoms with Gasteiger partial charge in [-0.05, 0) is 23.8 Å². The average molecular weight is 320 g/mol. The number of carbonyl (C=O) groups is 1. The van der Waals surface area contributed by atoms with Crippen molar-refractivity contribution in [1.29, 1.82) is 0 Å². The molecule has 0 aliphatic carbocycles. The van der Waals surface area contributed by atoms with Gasteiger partial charge in [0.05, 0.1) is 17.6 Å². The first-order valence-corrected chi connectivity index (χ1v) is 6.72. The van der Waals surface area contributed by atoms with Gasteiger partial charge in [-0.3, -0.25) is 10.1 Å².